The van der Waals surface area contributed by atoms with E-state index in [2.05, 4.69) is 33.0 Å². The number of nitrogens with one attached hydrogen (secondary N) is 1. The van der Waals surface area contributed by atoms with Crippen LogP contribution in [0.1, 0.15) is 53.4 Å². The molecule has 0 heterocycles. The normalized spacial score (nSPS) is 22.1. The van der Waals surface area contributed by atoms with Crippen LogP contribution in [0.15, 0.2) is 0 Å². The van der Waals surface area contributed by atoms with E-state index in [1.54, 1.807) is 0 Å². The van der Waals surface area contributed by atoms with E-state index in [4.69, 9.17) is 0 Å². The van der Waals surface area contributed by atoms with Gasteiger partial charge in [-0.25, -0.2) is 0 Å². The SMILES string of the molecule is CCNC(CC1CCC1)C(C)C(C)C. The minimum atomic E-state index is 0.755. The maximum atomic E-state index is 3.66. The molecule has 0 amide bonds. The van der Waals surface area contributed by atoms with Crippen molar-refractivity contribution in [3.8, 4) is 0 Å². The quantitative estimate of drug-likeness (QED) is 0.688. The molecule has 1 aliphatic carbocycles. The van der Waals surface area contributed by atoms with Gasteiger partial charge in [-0.1, -0.05) is 47.0 Å². The summed E-state index contributed by atoms with van der Waals surface area (Å²) >= 11 is 0. The van der Waals surface area contributed by atoms with E-state index in [9.17, 15) is 0 Å². The van der Waals surface area contributed by atoms with Crippen molar-refractivity contribution < 1.29 is 0 Å². The largest absolute Gasteiger partial charge is 0.314 e. The van der Waals surface area contributed by atoms with Crippen molar-refractivity contribution in [1.29, 1.82) is 0 Å². The van der Waals surface area contributed by atoms with E-state index in [0.29, 0.717) is 0 Å². The summed E-state index contributed by atoms with van der Waals surface area (Å²) in [5, 5.41) is 3.66. The molecule has 0 bridgehead atoms. The van der Waals surface area contributed by atoms with Gasteiger partial charge in [0.15, 0.2) is 0 Å². The molecule has 0 spiro atoms. The average molecular weight is 197 g/mol. The van der Waals surface area contributed by atoms with Crippen LogP contribution in [0.5, 0.6) is 0 Å². The highest BCUT2D eigenvalue weighted by Gasteiger charge is 2.26. The molecule has 0 aromatic carbocycles. The molecule has 1 N–H and O–H groups in total. The van der Waals surface area contributed by atoms with Crippen molar-refractivity contribution in [2.24, 2.45) is 17.8 Å². The van der Waals surface area contributed by atoms with Gasteiger partial charge < -0.3 is 5.32 Å². The van der Waals surface area contributed by atoms with Crippen LogP contribution in [0.25, 0.3) is 0 Å². The van der Waals surface area contributed by atoms with E-state index < -0.39 is 0 Å². The van der Waals surface area contributed by atoms with E-state index >= 15 is 0 Å². The second-order valence-corrected chi connectivity index (χ2v) is 5.30. The lowest BCUT2D eigenvalue weighted by Crippen LogP contribution is -2.39. The molecule has 2 atom stereocenters. The number of rotatable bonds is 6. The Labute approximate surface area is 89.7 Å². The molecule has 1 aliphatic rings. The lowest BCUT2D eigenvalue weighted by Gasteiger charge is -2.34. The Morgan fingerprint density at radius 2 is 1.86 bits per heavy atom. The van der Waals surface area contributed by atoms with E-state index in [0.717, 1.165) is 30.3 Å². The van der Waals surface area contributed by atoms with Crippen molar-refractivity contribution in [2.45, 2.75) is 59.4 Å². The summed E-state index contributed by atoms with van der Waals surface area (Å²) in [6.07, 6.45) is 5.84. The maximum Gasteiger partial charge on any atom is 0.00976 e. The molecule has 84 valence electrons. The summed E-state index contributed by atoms with van der Waals surface area (Å²) in [6.45, 7) is 10.4. The Kier molecular flexibility index (Phi) is 4.94. The first-order valence-corrected chi connectivity index (χ1v) is 6.38. The third-order valence-corrected chi connectivity index (χ3v) is 3.96. The minimum absolute atomic E-state index is 0.755. The van der Waals surface area contributed by atoms with Gasteiger partial charge in [-0.15, -0.1) is 0 Å². The van der Waals surface area contributed by atoms with E-state index in [1.807, 2.05) is 0 Å². The second-order valence-electron chi connectivity index (χ2n) is 5.30. The molecule has 1 saturated carbocycles. The van der Waals surface area contributed by atoms with Gasteiger partial charge in [0.2, 0.25) is 0 Å². The fourth-order valence-electron chi connectivity index (χ4n) is 2.30. The Morgan fingerprint density at radius 1 is 1.21 bits per heavy atom. The van der Waals surface area contributed by atoms with E-state index in [1.165, 1.54) is 25.7 Å². The first-order valence-electron chi connectivity index (χ1n) is 6.38. The molecule has 1 nitrogen and oxygen atoms in total. The van der Waals surface area contributed by atoms with Crippen LogP contribution in [0, 0.1) is 17.8 Å². The molecular formula is C13H27N. The van der Waals surface area contributed by atoms with Crippen LogP contribution in [-0.2, 0) is 0 Å². The van der Waals surface area contributed by atoms with Gasteiger partial charge in [0.1, 0.15) is 0 Å². The summed E-state index contributed by atoms with van der Waals surface area (Å²) in [5.74, 6) is 2.65. The molecule has 1 rings (SSSR count). The highest BCUT2D eigenvalue weighted by Crippen LogP contribution is 2.33. The zero-order valence-corrected chi connectivity index (χ0v) is 10.3. The smallest absolute Gasteiger partial charge is 0.00976 e. The van der Waals surface area contributed by atoms with Crippen LogP contribution in [0.2, 0.25) is 0 Å². The van der Waals surface area contributed by atoms with Crippen LogP contribution >= 0.6 is 0 Å². The Balaban J connectivity index is 2.35. The highest BCUT2D eigenvalue weighted by atomic mass is 14.9. The van der Waals surface area contributed by atoms with Crippen molar-refractivity contribution in [1.82, 2.24) is 5.32 Å². The summed E-state index contributed by atoms with van der Waals surface area (Å²) in [5.41, 5.74) is 0. The average Bonchev–Trinajstić information content (AvgIpc) is 2.07. The van der Waals surface area contributed by atoms with Gasteiger partial charge in [0.25, 0.3) is 0 Å². The lowest BCUT2D eigenvalue weighted by molar-refractivity contribution is 0.205. The van der Waals surface area contributed by atoms with Crippen LogP contribution in [-0.4, -0.2) is 12.6 Å². The molecule has 0 radical (unpaired) electrons. The molecule has 0 aromatic rings. The Morgan fingerprint density at radius 3 is 2.21 bits per heavy atom. The van der Waals surface area contributed by atoms with Gasteiger partial charge in [0, 0.05) is 6.04 Å². The van der Waals surface area contributed by atoms with Gasteiger partial charge in [-0.2, -0.15) is 0 Å². The van der Waals surface area contributed by atoms with Gasteiger partial charge >= 0.3 is 0 Å². The third kappa shape index (κ3) is 3.27. The van der Waals surface area contributed by atoms with Gasteiger partial charge in [0.05, 0.1) is 0 Å². The monoisotopic (exact) mass is 197 g/mol. The zero-order valence-electron chi connectivity index (χ0n) is 10.3. The lowest BCUT2D eigenvalue weighted by atomic mass is 9.76. The van der Waals surface area contributed by atoms with Crippen LogP contribution in [0.3, 0.4) is 0 Å². The van der Waals surface area contributed by atoms with Crippen molar-refractivity contribution in [2.75, 3.05) is 6.54 Å². The fourth-order valence-corrected chi connectivity index (χ4v) is 2.30. The number of hydrogen-bond acceptors (Lipinski definition) is 1. The summed E-state index contributed by atoms with van der Waals surface area (Å²) in [7, 11) is 0. The van der Waals surface area contributed by atoms with E-state index in [-0.39, 0.29) is 0 Å². The number of hydrogen-bond donors (Lipinski definition) is 1. The second kappa shape index (κ2) is 5.75. The molecule has 14 heavy (non-hydrogen) atoms. The Bertz CT molecular complexity index is 149. The third-order valence-electron chi connectivity index (χ3n) is 3.96. The van der Waals surface area contributed by atoms with Gasteiger partial charge in [-0.05, 0) is 30.7 Å². The molecule has 0 aliphatic heterocycles. The standard InChI is InChI=1S/C13H27N/c1-5-14-13(11(4)10(2)3)9-12-7-6-8-12/h10-14H,5-9H2,1-4H3. The minimum Gasteiger partial charge on any atom is -0.314 e. The predicted octanol–water partition coefficient (Wildman–Crippen LogP) is 3.45. The predicted molar refractivity (Wildman–Crippen MR) is 63.4 cm³/mol. The van der Waals surface area contributed by atoms with Crippen LogP contribution in [0.4, 0.5) is 0 Å². The zero-order chi connectivity index (χ0) is 10.6. The van der Waals surface area contributed by atoms with Crippen molar-refractivity contribution in [3.05, 3.63) is 0 Å². The van der Waals surface area contributed by atoms with Crippen molar-refractivity contribution >= 4 is 0 Å². The van der Waals surface area contributed by atoms with Gasteiger partial charge in [-0.3, -0.25) is 0 Å². The molecule has 1 fully saturated rings. The maximum absolute atomic E-state index is 3.66. The molecule has 1 heteroatoms. The van der Waals surface area contributed by atoms with Crippen molar-refractivity contribution in [3.63, 3.8) is 0 Å². The Hall–Kier alpha value is -0.0400. The molecule has 0 saturated heterocycles. The summed E-state index contributed by atoms with van der Waals surface area (Å²) in [4.78, 5) is 0. The first-order chi connectivity index (χ1) is 6.65. The molecule has 0 aromatic heterocycles. The molecular weight excluding hydrogens is 170 g/mol. The fraction of sp³-hybridized carbons (Fsp3) is 1.00. The summed E-state index contributed by atoms with van der Waals surface area (Å²) in [6, 6.07) is 0.755. The van der Waals surface area contributed by atoms with Crippen LogP contribution < -0.4 is 5.32 Å². The summed E-state index contributed by atoms with van der Waals surface area (Å²) < 4.78 is 0. The molecule has 2 unspecified atom stereocenters. The first kappa shape index (κ1) is 12.0. The highest BCUT2D eigenvalue weighted by molar-refractivity contribution is 4.81. The topological polar surface area (TPSA) is 12.0 Å².